The van der Waals surface area contributed by atoms with E-state index in [9.17, 15) is 19.8 Å². The van der Waals surface area contributed by atoms with Crippen LogP contribution in [0.4, 0.5) is 0 Å². The highest BCUT2D eigenvalue weighted by Crippen LogP contribution is 2.66. The van der Waals surface area contributed by atoms with Crippen LogP contribution < -0.4 is 0 Å². The first-order chi connectivity index (χ1) is 14.3. The molecule has 2 aromatic carbocycles. The predicted octanol–water partition coefficient (Wildman–Crippen LogP) is 5.13. The third-order valence-electron chi connectivity index (χ3n) is 8.20. The topological polar surface area (TPSA) is 74.6 Å². The van der Waals surface area contributed by atoms with Crippen LogP contribution in [0.25, 0.3) is 0 Å². The molecule has 2 N–H and O–H groups in total. The number of rotatable bonds is 4. The molecule has 2 aromatic rings. The van der Waals surface area contributed by atoms with Crippen molar-refractivity contribution in [1.29, 1.82) is 0 Å². The summed E-state index contributed by atoms with van der Waals surface area (Å²) in [5.74, 6) is 1.40. The van der Waals surface area contributed by atoms with Crippen LogP contribution in [0.5, 0.6) is 11.5 Å². The number of aromatic hydroxyl groups is 2. The van der Waals surface area contributed by atoms with Crippen molar-refractivity contribution in [2.45, 2.75) is 63.2 Å². The van der Waals surface area contributed by atoms with Crippen molar-refractivity contribution in [3.8, 4) is 11.5 Å². The third-order valence-corrected chi connectivity index (χ3v) is 8.20. The second-order valence-corrected chi connectivity index (χ2v) is 10.2. The van der Waals surface area contributed by atoms with Gasteiger partial charge in [0.1, 0.15) is 11.5 Å². The van der Waals surface area contributed by atoms with Gasteiger partial charge < -0.3 is 10.2 Å². The van der Waals surface area contributed by atoms with Crippen LogP contribution in [0.15, 0.2) is 24.3 Å². The van der Waals surface area contributed by atoms with Gasteiger partial charge in [-0.25, -0.2) is 0 Å². The molecule has 6 rings (SSSR count). The molecule has 4 fully saturated rings. The summed E-state index contributed by atoms with van der Waals surface area (Å²) in [6.07, 6.45) is 8.20. The van der Waals surface area contributed by atoms with Crippen molar-refractivity contribution in [2.24, 2.45) is 11.8 Å². The first-order valence-corrected chi connectivity index (χ1v) is 10.9. The Balaban J connectivity index is 1.65. The van der Waals surface area contributed by atoms with Gasteiger partial charge in [0.15, 0.2) is 12.6 Å². The van der Waals surface area contributed by atoms with E-state index in [1.54, 1.807) is 0 Å². The number of phenols is 2. The minimum atomic E-state index is -0.00651. The molecule has 4 heteroatoms. The Labute approximate surface area is 176 Å². The average Bonchev–Trinajstić information content (AvgIpc) is 2.70. The van der Waals surface area contributed by atoms with Crippen molar-refractivity contribution < 1.29 is 19.8 Å². The van der Waals surface area contributed by atoms with Crippen molar-refractivity contribution in [2.75, 3.05) is 0 Å². The zero-order valence-electron chi connectivity index (χ0n) is 17.6. The van der Waals surface area contributed by atoms with Gasteiger partial charge in [-0.05, 0) is 109 Å². The van der Waals surface area contributed by atoms with E-state index in [1.165, 1.54) is 17.5 Å². The summed E-state index contributed by atoms with van der Waals surface area (Å²) in [6, 6.07) is 7.94. The lowest BCUT2D eigenvalue weighted by Crippen LogP contribution is -2.56. The molecular weight excluding hydrogens is 376 g/mol. The summed E-state index contributed by atoms with van der Waals surface area (Å²) in [5.41, 5.74) is 4.58. The molecule has 4 aliphatic carbocycles. The molecule has 4 bridgehead atoms. The molecule has 156 valence electrons. The fraction of sp³-hybridized carbons (Fsp3) is 0.462. The van der Waals surface area contributed by atoms with Gasteiger partial charge in [-0.15, -0.1) is 0 Å². The Hall–Kier alpha value is -2.62. The molecule has 0 spiro atoms. The van der Waals surface area contributed by atoms with Gasteiger partial charge in [-0.1, -0.05) is 12.1 Å². The first-order valence-electron chi connectivity index (χ1n) is 10.9. The highest BCUT2D eigenvalue weighted by Gasteiger charge is 2.58. The average molecular weight is 405 g/mol. The van der Waals surface area contributed by atoms with E-state index in [0.717, 1.165) is 55.8 Å². The number of phenolic OH excluding ortho intramolecular Hbond substituents is 2. The van der Waals surface area contributed by atoms with Crippen molar-refractivity contribution in [1.82, 2.24) is 0 Å². The second-order valence-electron chi connectivity index (χ2n) is 10.2. The SMILES string of the molecule is Cc1cc(C23CC4CC(C2)CC(c2cc(C)c(O)c(C=O)c2)(C4)C3)cc(C=O)c1O. The second kappa shape index (κ2) is 6.44. The van der Waals surface area contributed by atoms with Gasteiger partial charge in [0.25, 0.3) is 0 Å². The predicted molar refractivity (Wildman–Crippen MR) is 115 cm³/mol. The highest BCUT2D eigenvalue weighted by molar-refractivity contribution is 5.81. The number of aryl methyl sites for hydroxylation is 2. The molecule has 30 heavy (non-hydrogen) atoms. The van der Waals surface area contributed by atoms with Gasteiger partial charge in [0, 0.05) is 0 Å². The van der Waals surface area contributed by atoms with E-state index in [1.807, 2.05) is 26.0 Å². The fourth-order valence-corrected chi connectivity index (χ4v) is 7.34. The van der Waals surface area contributed by atoms with E-state index in [4.69, 9.17) is 0 Å². The third kappa shape index (κ3) is 2.65. The maximum atomic E-state index is 11.6. The Bertz CT molecular complexity index is 972. The van der Waals surface area contributed by atoms with Crippen molar-refractivity contribution >= 4 is 12.6 Å². The quantitative estimate of drug-likeness (QED) is 0.693. The summed E-state index contributed by atoms with van der Waals surface area (Å²) in [7, 11) is 0. The highest BCUT2D eigenvalue weighted by atomic mass is 16.3. The normalized spacial score (nSPS) is 31.7. The number of hydrogen-bond acceptors (Lipinski definition) is 4. The first kappa shape index (κ1) is 19.3. The molecular formula is C26H28O4. The van der Waals surface area contributed by atoms with E-state index in [0.29, 0.717) is 23.0 Å². The zero-order valence-corrected chi connectivity index (χ0v) is 17.6. The molecule has 4 aliphatic rings. The van der Waals surface area contributed by atoms with Crippen LogP contribution in [0.1, 0.15) is 81.5 Å². The Morgan fingerprint density at radius 2 is 1.17 bits per heavy atom. The fourth-order valence-electron chi connectivity index (χ4n) is 7.34. The maximum absolute atomic E-state index is 11.6. The van der Waals surface area contributed by atoms with Crippen molar-refractivity contribution in [3.63, 3.8) is 0 Å². The Kier molecular flexibility index (Phi) is 4.15. The van der Waals surface area contributed by atoms with E-state index >= 15 is 0 Å². The van der Waals surface area contributed by atoms with Crippen LogP contribution >= 0.6 is 0 Å². The summed E-state index contributed by atoms with van der Waals surface area (Å²) in [4.78, 5) is 23.1. The van der Waals surface area contributed by atoms with Crippen LogP contribution in [0, 0.1) is 25.7 Å². The molecule has 0 heterocycles. The van der Waals surface area contributed by atoms with E-state index in [-0.39, 0.29) is 22.3 Å². The molecule has 0 atom stereocenters. The molecule has 4 nitrogen and oxygen atoms in total. The molecule has 0 aliphatic heterocycles. The molecule has 0 aromatic heterocycles. The molecule has 0 amide bonds. The van der Waals surface area contributed by atoms with Gasteiger partial charge in [0.05, 0.1) is 11.1 Å². The van der Waals surface area contributed by atoms with Gasteiger partial charge in [-0.3, -0.25) is 9.59 Å². The molecule has 0 unspecified atom stereocenters. The lowest BCUT2D eigenvalue weighted by Gasteiger charge is -2.63. The van der Waals surface area contributed by atoms with Gasteiger partial charge in [-0.2, -0.15) is 0 Å². The monoisotopic (exact) mass is 404 g/mol. The number of benzene rings is 2. The number of carbonyl (C=O) groups is 2. The van der Waals surface area contributed by atoms with E-state index in [2.05, 4.69) is 12.1 Å². The maximum Gasteiger partial charge on any atom is 0.153 e. The molecule has 0 saturated heterocycles. The van der Waals surface area contributed by atoms with Gasteiger partial charge >= 0.3 is 0 Å². The number of hydrogen-bond donors (Lipinski definition) is 2. The lowest BCUT2D eigenvalue weighted by molar-refractivity contribution is -0.0282. The number of carbonyl (C=O) groups excluding carboxylic acids is 2. The smallest absolute Gasteiger partial charge is 0.153 e. The van der Waals surface area contributed by atoms with Crippen LogP contribution in [0.3, 0.4) is 0 Å². The van der Waals surface area contributed by atoms with Crippen molar-refractivity contribution in [3.05, 3.63) is 57.6 Å². The summed E-state index contributed by atoms with van der Waals surface area (Å²) in [6.45, 7) is 3.73. The summed E-state index contributed by atoms with van der Waals surface area (Å²) in [5, 5.41) is 20.5. The Morgan fingerprint density at radius 3 is 1.53 bits per heavy atom. The standard InChI is InChI=1S/C26H28O4/c1-15-3-21(6-19(12-27)23(15)29)25-8-17-5-18(9-25)11-26(10-17,14-25)22-4-16(2)24(30)20(7-22)13-28/h3-4,6-7,12-13,17-18,29-30H,5,8-11,14H2,1-2H3. The summed E-state index contributed by atoms with van der Waals surface area (Å²) < 4.78 is 0. The lowest BCUT2D eigenvalue weighted by atomic mass is 9.41. The largest absolute Gasteiger partial charge is 0.507 e. The zero-order chi connectivity index (χ0) is 21.3. The minimum Gasteiger partial charge on any atom is -0.507 e. The van der Waals surface area contributed by atoms with Crippen LogP contribution in [-0.2, 0) is 10.8 Å². The summed E-state index contributed by atoms with van der Waals surface area (Å²) >= 11 is 0. The number of aldehydes is 2. The van der Waals surface area contributed by atoms with Crippen LogP contribution in [0.2, 0.25) is 0 Å². The minimum absolute atomic E-state index is 0.00651. The van der Waals surface area contributed by atoms with Crippen LogP contribution in [-0.4, -0.2) is 22.8 Å². The molecule has 0 radical (unpaired) electrons. The molecule has 4 saturated carbocycles. The van der Waals surface area contributed by atoms with Gasteiger partial charge in [0.2, 0.25) is 0 Å². The van der Waals surface area contributed by atoms with E-state index < -0.39 is 0 Å². The Morgan fingerprint density at radius 1 is 0.767 bits per heavy atom.